The Hall–Kier alpha value is -1.30. The van der Waals surface area contributed by atoms with Crippen molar-refractivity contribution in [3.05, 3.63) is 0 Å². The average Bonchev–Trinajstić information content (AvgIpc) is 2.39. The number of carbonyl (C=O) groups is 2. The fraction of sp³-hybridized carbons (Fsp3) is 0.846. The highest BCUT2D eigenvalue weighted by molar-refractivity contribution is 5.82. The summed E-state index contributed by atoms with van der Waals surface area (Å²) >= 11 is 0. The van der Waals surface area contributed by atoms with Gasteiger partial charge in [0.15, 0.2) is 0 Å². The van der Waals surface area contributed by atoms with Gasteiger partial charge in [-0.3, -0.25) is 4.90 Å². The molecular formula is C13H25N3O3. The molecule has 0 aromatic heterocycles. The van der Waals surface area contributed by atoms with Gasteiger partial charge in [0.1, 0.15) is 6.04 Å². The normalized spacial score (nSPS) is 18.2. The monoisotopic (exact) mass is 271 g/mol. The van der Waals surface area contributed by atoms with E-state index in [0.29, 0.717) is 19.5 Å². The van der Waals surface area contributed by atoms with E-state index in [0.717, 1.165) is 26.1 Å². The summed E-state index contributed by atoms with van der Waals surface area (Å²) in [5.41, 5.74) is 0. The van der Waals surface area contributed by atoms with Crippen LogP contribution in [0.4, 0.5) is 4.79 Å². The molecule has 0 aliphatic carbocycles. The number of rotatable bonds is 5. The summed E-state index contributed by atoms with van der Waals surface area (Å²) in [6, 6.07) is -0.911. The second-order valence-electron chi connectivity index (χ2n) is 4.98. The van der Waals surface area contributed by atoms with Crippen LogP contribution in [-0.4, -0.2) is 77.6 Å². The number of carbonyl (C=O) groups excluding carboxylic acids is 1. The molecule has 1 rings (SSSR count). The first kappa shape index (κ1) is 15.8. The largest absolute Gasteiger partial charge is 0.480 e. The van der Waals surface area contributed by atoms with Crippen LogP contribution in [-0.2, 0) is 4.79 Å². The van der Waals surface area contributed by atoms with Gasteiger partial charge in [0.25, 0.3) is 0 Å². The minimum Gasteiger partial charge on any atom is -0.480 e. The first-order valence-electron chi connectivity index (χ1n) is 6.98. The van der Waals surface area contributed by atoms with E-state index in [2.05, 4.69) is 11.8 Å². The summed E-state index contributed by atoms with van der Waals surface area (Å²) in [6.45, 7) is 8.09. The molecule has 1 fully saturated rings. The van der Waals surface area contributed by atoms with Crippen LogP contribution in [0.2, 0.25) is 0 Å². The highest BCUT2D eigenvalue weighted by atomic mass is 16.4. The van der Waals surface area contributed by atoms with E-state index in [1.165, 1.54) is 4.90 Å². The van der Waals surface area contributed by atoms with Gasteiger partial charge in [0.05, 0.1) is 0 Å². The lowest BCUT2D eigenvalue weighted by Gasteiger charge is -2.37. The Balaban J connectivity index is 2.52. The Bertz CT molecular complexity index is 314. The molecule has 0 saturated carbocycles. The maximum Gasteiger partial charge on any atom is 0.326 e. The zero-order valence-electron chi connectivity index (χ0n) is 12.1. The van der Waals surface area contributed by atoms with E-state index >= 15 is 0 Å². The summed E-state index contributed by atoms with van der Waals surface area (Å²) in [5, 5.41) is 9.08. The number of hydrogen-bond acceptors (Lipinski definition) is 3. The molecule has 6 nitrogen and oxygen atoms in total. The quantitative estimate of drug-likeness (QED) is 0.808. The number of likely N-dealkylation sites (N-methyl/N-ethyl adjacent to an activating group) is 1. The number of carboxylic acid groups (broad SMARTS) is 1. The number of nitrogens with zero attached hydrogens (tertiary/aromatic N) is 3. The Morgan fingerprint density at radius 3 is 2.21 bits per heavy atom. The van der Waals surface area contributed by atoms with Crippen molar-refractivity contribution in [2.75, 3.05) is 39.8 Å². The van der Waals surface area contributed by atoms with Crippen LogP contribution in [0.5, 0.6) is 0 Å². The van der Waals surface area contributed by atoms with Crippen LogP contribution in [0.25, 0.3) is 0 Å². The van der Waals surface area contributed by atoms with Gasteiger partial charge in [-0.1, -0.05) is 13.8 Å². The smallest absolute Gasteiger partial charge is 0.326 e. The summed E-state index contributed by atoms with van der Waals surface area (Å²) < 4.78 is 0. The standard InChI is InChI=1S/C13H25N3O3/c1-4-6-15-7-9-16(10-8-15)13(19)14(3)11(5-2)12(17)18/h11H,4-10H2,1-3H3,(H,17,18). The van der Waals surface area contributed by atoms with Crippen LogP contribution in [0.1, 0.15) is 26.7 Å². The van der Waals surface area contributed by atoms with Crippen LogP contribution in [0.3, 0.4) is 0 Å². The molecule has 0 spiro atoms. The predicted octanol–water partition coefficient (Wildman–Crippen LogP) is 0.929. The number of aliphatic carboxylic acids is 1. The molecule has 19 heavy (non-hydrogen) atoms. The van der Waals surface area contributed by atoms with Gasteiger partial charge in [-0.25, -0.2) is 9.59 Å². The van der Waals surface area contributed by atoms with Crippen molar-refractivity contribution in [1.82, 2.24) is 14.7 Å². The average molecular weight is 271 g/mol. The van der Waals surface area contributed by atoms with Crippen molar-refractivity contribution < 1.29 is 14.7 Å². The van der Waals surface area contributed by atoms with E-state index in [1.807, 2.05) is 0 Å². The van der Waals surface area contributed by atoms with Crippen molar-refractivity contribution >= 4 is 12.0 Å². The Kier molecular flexibility index (Phi) is 6.08. The maximum absolute atomic E-state index is 12.2. The molecule has 1 atom stereocenters. The fourth-order valence-corrected chi connectivity index (χ4v) is 2.45. The lowest BCUT2D eigenvalue weighted by molar-refractivity contribution is -0.142. The molecular weight excluding hydrogens is 246 g/mol. The summed E-state index contributed by atoms with van der Waals surface area (Å²) in [6.07, 6.45) is 1.54. The number of amides is 2. The highest BCUT2D eigenvalue weighted by Gasteiger charge is 2.29. The zero-order valence-corrected chi connectivity index (χ0v) is 12.1. The van der Waals surface area contributed by atoms with Crippen molar-refractivity contribution in [3.8, 4) is 0 Å². The minimum absolute atomic E-state index is 0.176. The molecule has 0 bridgehead atoms. The topological polar surface area (TPSA) is 64.1 Å². The molecule has 0 aromatic carbocycles. The van der Waals surface area contributed by atoms with Crippen LogP contribution in [0.15, 0.2) is 0 Å². The van der Waals surface area contributed by atoms with Crippen molar-refractivity contribution in [2.24, 2.45) is 0 Å². The van der Waals surface area contributed by atoms with Gasteiger partial charge in [-0.2, -0.15) is 0 Å². The fourth-order valence-electron chi connectivity index (χ4n) is 2.45. The highest BCUT2D eigenvalue weighted by Crippen LogP contribution is 2.09. The van der Waals surface area contributed by atoms with Crippen molar-refractivity contribution in [3.63, 3.8) is 0 Å². The molecule has 1 heterocycles. The third kappa shape index (κ3) is 4.09. The van der Waals surface area contributed by atoms with Gasteiger partial charge in [-0.15, -0.1) is 0 Å². The number of hydrogen-bond donors (Lipinski definition) is 1. The molecule has 2 amide bonds. The molecule has 0 aromatic rings. The molecule has 1 aliphatic heterocycles. The van der Waals surface area contributed by atoms with Crippen LogP contribution >= 0.6 is 0 Å². The maximum atomic E-state index is 12.2. The van der Waals surface area contributed by atoms with Crippen LogP contribution in [0, 0.1) is 0 Å². The first-order valence-corrected chi connectivity index (χ1v) is 6.98. The number of carboxylic acids is 1. The molecule has 1 aliphatic rings. The lowest BCUT2D eigenvalue weighted by atomic mass is 10.2. The van der Waals surface area contributed by atoms with Gasteiger partial charge < -0.3 is 14.9 Å². The number of piperazine rings is 1. The van der Waals surface area contributed by atoms with Gasteiger partial charge in [0.2, 0.25) is 0 Å². The summed E-state index contributed by atoms with van der Waals surface area (Å²) in [4.78, 5) is 28.7. The Labute approximate surface area is 115 Å². The molecule has 0 radical (unpaired) electrons. The van der Waals surface area contributed by atoms with Gasteiger partial charge >= 0.3 is 12.0 Å². The molecule has 6 heteroatoms. The predicted molar refractivity (Wildman–Crippen MR) is 73.2 cm³/mol. The second-order valence-corrected chi connectivity index (χ2v) is 4.98. The second kappa shape index (κ2) is 7.33. The Morgan fingerprint density at radius 1 is 1.21 bits per heavy atom. The molecule has 1 saturated heterocycles. The Morgan fingerprint density at radius 2 is 1.79 bits per heavy atom. The van der Waals surface area contributed by atoms with E-state index in [-0.39, 0.29) is 6.03 Å². The van der Waals surface area contributed by atoms with Gasteiger partial charge in [-0.05, 0) is 19.4 Å². The third-order valence-corrected chi connectivity index (χ3v) is 3.62. The molecule has 1 N–H and O–H groups in total. The SMILES string of the molecule is CCCN1CCN(C(=O)N(C)C(CC)C(=O)O)CC1. The zero-order chi connectivity index (χ0) is 14.4. The van der Waals surface area contributed by atoms with E-state index < -0.39 is 12.0 Å². The van der Waals surface area contributed by atoms with Crippen molar-refractivity contribution in [1.29, 1.82) is 0 Å². The molecule has 1 unspecified atom stereocenters. The van der Waals surface area contributed by atoms with E-state index in [4.69, 9.17) is 5.11 Å². The van der Waals surface area contributed by atoms with Gasteiger partial charge in [0, 0.05) is 33.2 Å². The lowest BCUT2D eigenvalue weighted by Crippen LogP contribution is -2.55. The van der Waals surface area contributed by atoms with Crippen molar-refractivity contribution in [2.45, 2.75) is 32.7 Å². The van der Waals surface area contributed by atoms with E-state index in [1.54, 1.807) is 18.9 Å². The molecule has 110 valence electrons. The third-order valence-electron chi connectivity index (χ3n) is 3.62. The van der Waals surface area contributed by atoms with Crippen LogP contribution < -0.4 is 0 Å². The summed E-state index contributed by atoms with van der Waals surface area (Å²) in [5.74, 6) is -0.942. The summed E-state index contributed by atoms with van der Waals surface area (Å²) in [7, 11) is 1.57. The first-order chi connectivity index (χ1) is 9.01. The minimum atomic E-state index is -0.942. The van der Waals surface area contributed by atoms with E-state index in [9.17, 15) is 9.59 Å². The number of urea groups is 1.